The molecule has 5 heteroatoms. The molecule has 0 aliphatic heterocycles. The molecule has 0 amide bonds. The quantitative estimate of drug-likeness (QED) is 0.604. The molecule has 2 heterocycles. The summed E-state index contributed by atoms with van der Waals surface area (Å²) >= 11 is 12.5. The van der Waals surface area contributed by atoms with Gasteiger partial charge in [0.05, 0.1) is 8.61 Å². The van der Waals surface area contributed by atoms with Gasteiger partial charge in [0, 0.05) is 21.7 Å². The molecule has 0 fully saturated rings. The standard InChI is InChI=1S/C11H8Br3NS/c12-8(5-7-1-3-15-4-2-7)10-6-9(13)11(14)16-10/h1-4,6,8H,5H2. The normalized spacial score (nSPS) is 12.7. The maximum atomic E-state index is 4.02. The summed E-state index contributed by atoms with van der Waals surface area (Å²) in [7, 11) is 0. The molecule has 0 spiro atoms. The van der Waals surface area contributed by atoms with Gasteiger partial charge in [-0.1, -0.05) is 15.9 Å². The van der Waals surface area contributed by atoms with Crippen LogP contribution in [-0.2, 0) is 6.42 Å². The first-order valence-corrected chi connectivity index (χ1v) is 7.96. The molecule has 0 bridgehead atoms. The molecule has 1 atom stereocenters. The molecule has 2 rings (SSSR count). The maximum absolute atomic E-state index is 4.02. The van der Waals surface area contributed by atoms with Crippen LogP contribution < -0.4 is 0 Å². The number of alkyl halides is 1. The first kappa shape index (κ1) is 12.7. The van der Waals surface area contributed by atoms with Crippen LogP contribution in [0.2, 0.25) is 0 Å². The molecule has 0 saturated heterocycles. The Hall–Kier alpha value is 0.290. The van der Waals surface area contributed by atoms with E-state index in [-0.39, 0.29) is 0 Å². The number of aromatic nitrogens is 1. The van der Waals surface area contributed by atoms with Crippen molar-refractivity contribution in [1.29, 1.82) is 0 Å². The van der Waals surface area contributed by atoms with Crippen LogP contribution in [0, 0.1) is 0 Å². The summed E-state index contributed by atoms with van der Waals surface area (Å²) in [5, 5.41) is 0. The molecule has 16 heavy (non-hydrogen) atoms. The van der Waals surface area contributed by atoms with E-state index >= 15 is 0 Å². The topological polar surface area (TPSA) is 12.9 Å². The Balaban J connectivity index is 2.11. The van der Waals surface area contributed by atoms with Crippen molar-refractivity contribution in [3.8, 4) is 0 Å². The molecule has 0 radical (unpaired) electrons. The van der Waals surface area contributed by atoms with Gasteiger partial charge >= 0.3 is 0 Å². The van der Waals surface area contributed by atoms with Crippen molar-refractivity contribution in [2.75, 3.05) is 0 Å². The highest BCUT2D eigenvalue weighted by molar-refractivity contribution is 9.13. The fourth-order valence-electron chi connectivity index (χ4n) is 1.34. The fourth-order valence-corrected chi connectivity index (χ4v) is 4.20. The van der Waals surface area contributed by atoms with Gasteiger partial charge in [-0.2, -0.15) is 0 Å². The van der Waals surface area contributed by atoms with Crippen molar-refractivity contribution in [3.63, 3.8) is 0 Å². The third-order valence-corrected chi connectivity index (χ3v) is 6.63. The molecule has 2 aromatic heterocycles. The second-order valence-electron chi connectivity index (χ2n) is 3.30. The van der Waals surface area contributed by atoms with Crippen LogP contribution in [0.3, 0.4) is 0 Å². The van der Waals surface area contributed by atoms with Crippen molar-refractivity contribution >= 4 is 59.1 Å². The average molecular weight is 426 g/mol. The van der Waals surface area contributed by atoms with Gasteiger partial charge in [0.1, 0.15) is 0 Å². The largest absolute Gasteiger partial charge is 0.265 e. The van der Waals surface area contributed by atoms with Gasteiger partial charge in [-0.05, 0) is 62.0 Å². The molecule has 0 aliphatic carbocycles. The average Bonchev–Trinajstić information content (AvgIpc) is 2.61. The first-order valence-electron chi connectivity index (χ1n) is 4.64. The Morgan fingerprint density at radius 2 is 1.94 bits per heavy atom. The summed E-state index contributed by atoms with van der Waals surface area (Å²) in [6.07, 6.45) is 4.63. The number of hydrogen-bond donors (Lipinski definition) is 0. The van der Waals surface area contributed by atoms with Crippen LogP contribution in [0.25, 0.3) is 0 Å². The van der Waals surface area contributed by atoms with Crippen LogP contribution in [-0.4, -0.2) is 4.98 Å². The predicted octanol–water partition coefficient (Wildman–Crippen LogP) is 5.35. The summed E-state index contributed by atoms with van der Waals surface area (Å²) in [6.45, 7) is 0. The van der Waals surface area contributed by atoms with Crippen molar-refractivity contribution in [1.82, 2.24) is 4.98 Å². The van der Waals surface area contributed by atoms with E-state index in [2.05, 4.69) is 58.8 Å². The molecule has 2 aromatic rings. The minimum absolute atomic E-state index is 0.350. The second-order valence-corrected chi connectivity index (χ2v) is 7.66. The zero-order valence-electron chi connectivity index (χ0n) is 8.16. The zero-order chi connectivity index (χ0) is 11.5. The Kier molecular flexibility index (Phi) is 4.58. The Bertz CT molecular complexity index is 450. The smallest absolute Gasteiger partial charge is 0.0843 e. The third-order valence-electron chi connectivity index (χ3n) is 2.14. The first-order chi connectivity index (χ1) is 7.66. The van der Waals surface area contributed by atoms with Gasteiger partial charge in [-0.3, -0.25) is 4.98 Å². The van der Waals surface area contributed by atoms with Gasteiger partial charge < -0.3 is 0 Å². The van der Waals surface area contributed by atoms with Crippen LogP contribution in [0.1, 0.15) is 15.3 Å². The number of thiophene rings is 1. The lowest BCUT2D eigenvalue weighted by Gasteiger charge is -2.06. The molecule has 0 aromatic carbocycles. The number of nitrogens with zero attached hydrogens (tertiary/aromatic N) is 1. The Morgan fingerprint density at radius 3 is 2.50 bits per heavy atom. The van der Waals surface area contributed by atoms with Gasteiger partial charge in [-0.25, -0.2) is 0 Å². The Labute approximate surface area is 124 Å². The van der Waals surface area contributed by atoms with Gasteiger partial charge in [0.15, 0.2) is 0 Å². The van der Waals surface area contributed by atoms with E-state index in [0.717, 1.165) is 14.7 Å². The summed E-state index contributed by atoms with van der Waals surface area (Å²) in [5.74, 6) is 0. The lowest BCUT2D eigenvalue weighted by Crippen LogP contribution is -1.92. The van der Waals surface area contributed by atoms with E-state index in [1.54, 1.807) is 11.3 Å². The summed E-state index contributed by atoms with van der Waals surface area (Å²) in [4.78, 5) is 5.68. The summed E-state index contributed by atoms with van der Waals surface area (Å²) < 4.78 is 2.26. The molecule has 84 valence electrons. The number of pyridine rings is 1. The number of rotatable bonds is 3. The lowest BCUT2D eigenvalue weighted by molar-refractivity contribution is 0.964. The Morgan fingerprint density at radius 1 is 1.25 bits per heavy atom. The van der Waals surface area contributed by atoms with E-state index < -0.39 is 0 Å². The molecule has 0 N–H and O–H groups in total. The van der Waals surface area contributed by atoms with Crippen LogP contribution in [0.4, 0.5) is 0 Å². The molecule has 1 unspecified atom stereocenters. The lowest BCUT2D eigenvalue weighted by atomic mass is 10.1. The minimum atomic E-state index is 0.350. The van der Waals surface area contributed by atoms with Crippen LogP contribution >= 0.6 is 59.1 Å². The van der Waals surface area contributed by atoms with Crippen LogP contribution in [0.15, 0.2) is 38.9 Å². The van der Waals surface area contributed by atoms with Gasteiger partial charge in [-0.15, -0.1) is 11.3 Å². The van der Waals surface area contributed by atoms with E-state index in [1.807, 2.05) is 24.5 Å². The highest BCUT2D eigenvalue weighted by Gasteiger charge is 2.13. The second kappa shape index (κ2) is 5.76. The van der Waals surface area contributed by atoms with E-state index in [4.69, 9.17) is 0 Å². The molecule has 1 nitrogen and oxygen atoms in total. The SMILES string of the molecule is Brc1cc(C(Br)Cc2ccncc2)sc1Br. The third kappa shape index (κ3) is 3.15. The predicted molar refractivity (Wildman–Crippen MR) is 79.3 cm³/mol. The molecule has 0 aliphatic rings. The van der Waals surface area contributed by atoms with Crippen molar-refractivity contribution in [2.45, 2.75) is 11.2 Å². The van der Waals surface area contributed by atoms with Gasteiger partial charge in [0.25, 0.3) is 0 Å². The molecule has 0 saturated carbocycles. The van der Waals surface area contributed by atoms with Crippen molar-refractivity contribution in [2.24, 2.45) is 0 Å². The van der Waals surface area contributed by atoms with Crippen molar-refractivity contribution in [3.05, 3.63) is 49.3 Å². The van der Waals surface area contributed by atoms with Gasteiger partial charge in [0.2, 0.25) is 0 Å². The molecular formula is C11H8Br3NS. The summed E-state index contributed by atoms with van der Waals surface area (Å²) in [6, 6.07) is 6.24. The van der Waals surface area contributed by atoms with E-state index in [9.17, 15) is 0 Å². The monoisotopic (exact) mass is 423 g/mol. The fraction of sp³-hybridized carbons (Fsp3) is 0.182. The number of hydrogen-bond acceptors (Lipinski definition) is 2. The highest BCUT2D eigenvalue weighted by Crippen LogP contribution is 2.39. The highest BCUT2D eigenvalue weighted by atomic mass is 79.9. The van der Waals surface area contributed by atoms with Crippen LogP contribution in [0.5, 0.6) is 0 Å². The minimum Gasteiger partial charge on any atom is -0.265 e. The van der Waals surface area contributed by atoms with Crippen molar-refractivity contribution < 1.29 is 0 Å². The summed E-state index contributed by atoms with van der Waals surface area (Å²) in [5.41, 5.74) is 1.29. The van der Waals surface area contributed by atoms with E-state index in [0.29, 0.717) is 4.83 Å². The maximum Gasteiger partial charge on any atom is 0.0843 e. The molecular weight excluding hydrogens is 418 g/mol. The number of halogens is 3. The van der Waals surface area contributed by atoms with E-state index in [1.165, 1.54) is 10.4 Å². The zero-order valence-corrected chi connectivity index (χ0v) is 13.7.